The van der Waals surface area contributed by atoms with E-state index in [2.05, 4.69) is 44.0 Å². The van der Waals surface area contributed by atoms with Gasteiger partial charge < -0.3 is 13.6 Å². The number of rotatable bonds is 6. The largest absolute Gasteiger partial charge is 0.547 e. The van der Waals surface area contributed by atoms with Gasteiger partial charge in [0.05, 0.1) is 18.9 Å². The predicted molar refractivity (Wildman–Crippen MR) is 82.7 cm³/mol. The lowest BCUT2D eigenvalue weighted by Crippen LogP contribution is -2.26. The minimum Gasteiger partial charge on any atom is -0.547 e. The lowest BCUT2D eigenvalue weighted by atomic mass is 10.4. The summed E-state index contributed by atoms with van der Waals surface area (Å²) in [5, 5.41) is 0. The fourth-order valence-electron chi connectivity index (χ4n) is 1.34. The van der Waals surface area contributed by atoms with Gasteiger partial charge in [-0.25, -0.2) is 4.79 Å². The molecule has 4 nitrogen and oxygen atoms in total. The van der Waals surface area contributed by atoms with E-state index in [0.29, 0.717) is 5.76 Å². The Morgan fingerprint density at radius 3 is 1.74 bits per heavy atom. The van der Waals surface area contributed by atoms with E-state index in [1.165, 1.54) is 13.2 Å². The van der Waals surface area contributed by atoms with Crippen molar-refractivity contribution in [2.24, 2.45) is 0 Å². The van der Waals surface area contributed by atoms with Gasteiger partial charge in [-0.05, 0) is 46.2 Å². The molecule has 0 aliphatic carbocycles. The summed E-state index contributed by atoms with van der Waals surface area (Å²) in [6.45, 7) is 14.4. The van der Waals surface area contributed by atoms with Crippen LogP contribution in [-0.4, -0.2) is 29.7 Å². The van der Waals surface area contributed by atoms with Gasteiger partial charge in [0.1, 0.15) is 5.76 Å². The Kier molecular flexibility index (Phi) is 6.58. The summed E-state index contributed by atoms with van der Waals surface area (Å²) in [5.41, 5.74) is 0. The van der Waals surface area contributed by atoms with Crippen molar-refractivity contribution >= 4 is 22.6 Å². The fourth-order valence-corrected chi connectivity index (χ4v) is 3.19. The number of carbonyl (C=O) groups excluding carboxylic acids is 1. The Balaban J connectivity index is 5.11. The highest BCUT2D eigenvalue weighted by molar-refractivity contribution is 6.70. The summed E-state index contributed by atoms with van der Waals surface area (Å²) in [7, 11) is -2.09. The van der Waals surface area contributed by atoms with Crippen LogP contribution in [0.2, 0.25) is 39.3 Å². The number of methoxy groups -OCH3 is 1. The summed E-state index contributed by atoms with van der Waals surface area (Å²) >= 11 is 0. The lowest BCUT2D eigenvalue weighted by molar-refractivity contribution is -0.134. The van der Waals surface area contributed by atoms with Crippen LogP contribution in [0.1, 0.15) is 6.92 Å². The maximum absolute atomic E-state index is 11.4. The highest BCUT2D eigenvalue weighted by Gasteiger charge is 2.19. The second-order valence-electron chi connectivity index (χ2n) is 6.25. The molecular weight excluding hydrogens is 276 g/mol. The predicted octanol–water partition coefficient (Wildman–Crippen LogP) is 3.65. The van der Waals surface area contributed by atoms with Crippen molar-refractivity contribution in [2.45, 2.75) is 46.2 Å². The molecule has 0 amide bonds. The number of ether oxygens (including phenoxy) is 1. The van der Waals surface area contributed by atoms with Crippen LogP contribution in [0, 0.1) is 0 Å². The van der Waals surface area contributed by atoms with Crippen LogP contribution in [0.3, 0.4) is 0 Å². The molecule has 0 aliphatic rings. The minimum atomic E-state index is -1.79. The Bertz CT molecular complexity index is 373. The van der Waals surface area contributed by atoms with E-state index in [-0.39, 0.29) is 0 Å². The number of hydrogen-bond donors (Lipinski definition) is 0. The monoisotopic (exact) mass is 302 g/mol. The number of allylic oxidation sites excluding steroid dienone is 2. The van der Waals surface area contributed by atoms with Gasteiger partial charge in [-0.15, -0.1) is 0 Å². The maximum atomic E-state index is 11.4. The van der Waals surface area contributed by atoms with Crippen molar-refractivity contribution in [1.82, 2.24) is 0 Å². The molecule has 0 heterocycles. The average molecular weight is 303 g/mol. The van der Waals surface area contributed by atoms with Gasteiger partial charge >= 0.3 is 5.97 Å². The molecule has 0 saturated carbocycles. The van der Waals surface area contributed by atoms with E-state index in [1.54, 1.807) is 6.08 Å². The van der Waals surface area contributed by atoms with Gasteiger partial charge in [0.2, 0.25) is 16.6 Å². The van der Waals surface area contributed by atoms with Gasteiger partial charge in [0.15, 0.2) is 0 Å². The van der Waals surface area contributed by atoms with Crippen LogP contribution in [0.5, 0.6) is 0 Å². The molecule has 6 heteroatoms. The van der Waals surface area contributed by atoms with Crippen molar-refractivity contribution in [3.8, 4) is 0 Å². The van der Waals surface area contributed by atoms with Crippen LogP contribution in [0.4, 0.5) is 0 Å². The smallest absolute Gasteiger partial charge is 0.334 e. The van der Waals surface area contributed by atoms with Gasteiger partial charge in [-0.3, -0.25) is 0 Å². The standard InChI is InChI=1S/C13H26O4Si2/c1-11(16-18(3,4)5)9-12(10-13(14)15-2)17-19(6,7)8/h9-10H,1-8H3/b11-9?,12-10+. The molecular formula is C13H26O4Si2. The zero-order chi connectivity index (χ0) is 15.3. The summed E-state index contributed by atoms with van der Waals surface area (Å²) in [6.07, 6.45) is 3.11. The van der Waals surface area contributed by atoms with Gasteiger partial charge in [-0.1, -0.05) is 0 Å². The minimum absolute atomic E-state index is 0.426. The zero-order valence-corrected chi connectivity index (χ0v) is 15.3. The molecule has 0 aromatic rings. The third kappa shape index (κ3) is 10.6. The van der Waals surface area contributed by atoms with Crippen molar-refractivity contribution in [3.05, 3.63) is 23.7 Å². The Hall–Kier alpha value is -1.02. The molecule has 110 valence electrons. The fraction of sp³-hybridized carbons (Fsp3) is 0.615. The maximum Gasteiger partial charge on any atom is 0.334 e. The lowest BCUT2D eigenvalue weighted by Gasteiger charge is -2.22. The van der Waals surface area contributed by atoms with Crippen molar-refractivity contribution < 1.29 is 18.4 Å². The molecule has 0 unspecified atom stereocenters. The third-order valence-electron chi connectivity index (χ3n) is 1.70. The first kappa shape index (κ1) is 18.0. The van der Waals surface area contributed by atoms with Gasteiger partial charge in [0.25, 0.3) is 0 Å². The molecule has 0 rings (SSSR count). The van der Waals surface area contributed by atoms with E-state index >= 15 is 0 Å². The second-order valence-corrected chi connectivity index (χ2v) is 15.1. The van der Waals surface area contributed by atoms with E-state index in [1.807, 2.05) is 6.92 Å². The summed E-state index contributed by atoms with van der Waals surface area (Å²) in [6, 6.07) is 0. The third-order valence-corrected chi connectivity index (χ3v) is 3.48. The summed E-state index contributed by atoms with van der Waals surface area (Å²) in [4.78, 5) is 11.4. The van der Waals surface area contributed by atoms with E-state index in [0.717, 1.165) is 5.76 Å². The first-order valence-corrected chi connectivity index (χ1v) is 13.1. The first-order chi connectivity index (χ1) is 8.43. The summed E-state index contributed by atoms with van der Waals surface area (Å²) in [5.74, 6) is 0.833. The van der Waals surface area contributed by atoms with Crippen molar-refractivity contribution in [2.75, 3.05) is 7.11 Å². The number of carbonyl (C=O) groups is 1. The molecule has 0 radical (unpaired) electrons. The summed E-state index contributed by atoms with van der Waals surface area (Å²) < 4.78 is 16.3. The molecule has 0 aliphatic heterocycles. The number of hydrogen-bond acceptors (Lipinski definition) is 4. The highest BCUT2D eigenvalue weighted by atomic mass is 28.4. The van der Waals surface area contributed by atoms with Crippen LogP contribution in [-0.2, 0) is 18.4 Å². The normalized spacial score (nSPS) is 14.1. The molecule has 19 heavy (non-hydrogen) atoms. The van der Waals surface area contributed by atoms with Gasteiger partial charge in [-0.2, -0.15) is 0 Å². The molecule has 0 fully saturated rings. The molecule has 0 aromatic heterocycles. The van der Waals surface area contributed by atoms with E-state index in [4.69, 9.17) is 8.85 Å². The van der Waals surface area contributed by atoms with Crippen LogP contribution < -0.4 is 0 Å². The molecule has 0 saturated heterocycles. The zero-order valence-electron chi connectivity index (χ0n) is 13.3. The molecule has 0 atom stereocenters. The van der Waals surface area contributed by atoms with Crippen molar-refractivity contribution in [3.63, 3.8) is 0 Å². The topological polar surface area (TPSA) is 44.8 Å². The SMILES string of the molecule is COC(=O)/C=C(\C=C(C)O[Si](C)(C)C)O[Si](C)(C)C. The Morgan fingerprint density at radius 2 is 1.37 bits per heavy atom. The number of esters is 1. The van der Waals surface area contributed by atoms with E-state index in [9.17, 15) is 4.79 Å². The first-order valence-electron chi connectivity index (χ1n) is 6.29. The average Bonchev–Trinajstić information content (AvgIpc) is 2.10. The molecule has 0 spiro atoms. The van der Waals surface area contributed by atoms with Crippen molar-refractivity contribution in [1.29, 1.82) is 0 Å². The van der Waals surface area contributed by atoms with E-state index < -0.39 is 22.6 Å². The Labute approximate surface area is 118 Å². The second kappa shape index (κ2) is 6.95. The molecule has 0 bridgehead atoms. The highest BCUT2D eigenvalue weighted by Crippen LogP contribution is 2.16. The van der Waals surface area contributed by atoms with Crippen LogP contribution in [0.25, 0.3) is 0 Å². The van der Waals surface area contributed by atoms with Crippen LogP contribution >= 0.6 is 0 Å². The molecule has 0 N–H and O–H groups in total. The van der Waals surface area contributed by atoms with Crippen LogP contribution in [0.15, 0.2) is 23.7 Å². The quantitative estimate of drug-likeness (QED) is 0.247. The Morgan fingerprint density at radius 1 is 0.895 bits per heavy atom. The molecule has 0 aromatic carbocycles. The van der Waals surface area contributed by atoms with Gasteiger partial charge in [0, 0.05) is 6.08 Å².